The van der Waals surface area contributed by atoms with Gasteiger partial charge in [-0.1, -0.05) is 18.2 Å². The number of nitrogens with one attached hydrogen (secondary N) is 2. The van der Waals surface area contributed by atoms with Crippen LogP contribution in [0.15, 0.2) is 24.3 Å². The molecule has 1 aliphatic heterocycles. The van der Waals surface area contributed by atoms with Gasteiger partial charge in [0.25, 0.3) is 5.92 Å². The van der Waals surface area contributed by atoms with E-state index < -0.39 is 54.5 Å². The minimum absolute atomic E-state index is 0.134. The van der Waals surface area contributed by atoms with Crippen molar-refractivity contribution < 1.29 is 26.7 Å². The molecule has 1 aromatic rings. The Labute approximate surface area is 129 Å². The summed E-state index contributed by atoms with van der Waals surface area (Å²) in [5, 5.41) is 4.99. The average Bonchev–Trinajstić information content (AvgIpc) is 3.12. The van der Waals surface area contributed by atoms with Crippen LogP contribution >= 0.6 is 0 Å². The summed E-state index contributed by atoms with van der Waals surface area (Å²) in [5.41, 5.74) is -0.581. The maximum Gasteiger partial charge on any atom is 0.416 e. The van der Waals surface area contributed by atoms with Gasteiger partial charge in [-0.2, -0.15) is 13.2 Å². The Morgan fingerprint density at radius 2 is 1.96 bits per heavy atom. The van der Waals surface area contributed by atoms with Crippen LogP contribution in [0.1, 0.15) is 29.9 Å². The Hall–Kier alpha value is -1.70. The van der Waals surface area contributed by atoms with Crippen molar-refractivity contribution in [3.63, 3.8) is 0 Å². The fraction of sp³-hybridized carbons (Fsp3) is 0.533. The van der Waals surface area contributed by atoms with Crippen molar-refractivity contribution in [3.8, 4) is 0 Å². The van der Waals surface area contributed by atoms with Gasteiger partial charge in [0.05, 0.1) is 18.2 Å². The lowest BCUT2D eigenvalue weighted by Gasteiger charge is -2.14. The highest BCUT2D eigenvalue weighted by molar-refractivity contribution is 5.83. The summed E-state index contributed by atoms with van der Waals surface area (Å²) in [5.74, 6) is -3.94. The maximum absolute atomic E-state index is 13.1. The molecule has 1 saturated carbocycles. The fourth-order valence-corrected chi connectivity index (χ4v) is 2.96. The van der Waals surface area contributed by atoms with Crippen molar-refractivity contribution in [2.24, 2.45) is 0 Å². The number of halogens is 5. The highest BCUT2D eigenvalue weighted by Crippen LogP contribution is 2.46. The lowest BCUT2D eigenvalue weighted by Crippen LogP contribution is -2.41. The highest BCUT2D eigenvalue weighted by Gasteiger charge is 2.47. The van der Waals surface area contributed by atoms with E-state index in [1.807, 2.05) is 0 Å². The third kappa shape index (κ3) is 3.46. The number of alkyl halides is 5. The van der Waals surface area contributed by atoms with Crippen LogP contribution in [-0.2, 0) is 11.0 Å². The topological polar surface area (TPSA) is 41.1 Å². The molecule has 23 heavy (non-hydrogen) atoms. The number of carbonyl (C=O) groups excluding carboxylic acids is 1. The summed E-state index contributed by atoms with van der Waals surface area (Å²) in [4.78, 5) is 11.9. The first-order chi connectivity index (χ1) is 10.7. The molecule has 3 unspecified atom stereocenters. The Bertz CT molecular complexity index is 616. The summed E-state index contributed by atoms with van der Waals surface area (Å²) in [6.07, 6.45) is -4.67. The summed E-state index contributed by atoms with van der Waals surface area (Å²) in [6, 6.07) is 3.78. The first kappa shape index (κ1) is 16.2. The third-order valence-electron chi connectivity index (χ3n) is 4.21. The molecule has 1 amide bonds. The van der Waals surface area contributed by atoms with Gasteiger partial charge in [0, 0.05) is 18.4 Å². The molecule has 2 N–H and O–H groups in total. The van der Waals surface area contributed by atoms with Crippen LogP contribution in [0.3, 0.4) is 0 Å². The molecule has 0 bridgehead atoms. The number of rotatable bonds is 3. The lowest BCUT2D eigenvalue weighted by molar-refractivity contribution is -0.138. The zero-order chi connectivity index (χ0) is 16.8. The first-order valence-corrected chi connectivity index (χ1v) is 7.25. The van der Waals surface area contributed by atoms with Gasteiger partial charge < -0.3 is 5.32 Å². The van der Waals surface area contributed by atoms with Gasteiger partial charge in [0.1, 0.15) is 0 Å². The molecule has 0 radical (unpaired) electrons. The van der Waals surface area contributed by atoms with Crippen LogP contribution in [0.25, 0.3) is 0 Å². The molecule has 2 aliphatic rings. The Balaban J connectivity index is 1.64. The van der Waals surface area contributed by atoms with E-state index in [0.29, 0.717) is 6.42 Å². The van der Waals surface area contributed by atoms with E-state index in [4.69, 9.17) is 0 Å². The van der Waals surface area contributed by atoms with E-state index >= 15 is 0 Å². The minimum Gasteiger partial charge on any atom is -0.351 e. The SMILES string of the molecule is O=C(NC1CC1c1ccccc1C(F)(F)F)C1CC(F)(F)CN1. The Kier molecular flexibility index (Phi) is 3.82. The number of hydrogen-bond acceptors (Lipinski definition) is 2. The average molecular weight is 334 g/mol. The molecule has 1 saturated heterocycles. The maximum atomic E-state index is 13.1. The van der Waals surface area contributed by atoms with Crippen LogP contribution in [0.5, 0.6) is 0 Å². The zero-order valence-corrected chi connectivity index (χ0v) is 12.0. The molecular formula is C15H15F5N2O. The van der Waals surface area contributed by atoms with Gasteiger partial charge in [-0.05, 0) is 18.1 Å². The van der Waals surface area contributed by atoms with Gasteiger partial charge in [-0.25, -0.2) is 8.78 Å². The fourth-order valence-electron chi connectivity index (χ4n) is 2.96. The van der Waals surface area contributed by atoms with E-state index in [0.717, 1.165) is 6.07 Å². The van der Waals surface area contributed by atoms with Crippen molar-refractivity contribution in [1.29, 1.82) is 0 Å². The number of carbonyl (C=O) groups is 1. The van der Waals surface area contributed by atoms with Crippen molar-refractivity contribution in [2.45, 2.75) is 42.9 Å². The summed E-state index contributed by atoms with van der Waals surface area (Å²) >= 11 is 0. The summed E-state index contributed by atoms with van der Waals surface area (Å²) in [6.45, 7) is -0.559. The van der Waals surface area contributed by atoms with Crippen LogP contribution < -0.4 is 10.6 Å². The molecule has 8 heteroatoms. The number of benzene rings is 1. The smallest absolute Gasteiger partial charge is 0.351 e. The normalized spacial score (nSPS) is 29.3. The third-order valence-corrected chi connectivity index (χ3v) is 4.21. The lowest BCUT2D eigenvalue weighted by atomic mass is 10.0. The molecule has 3 rings (SSSR count). The van der Waals surface area contributed by atoms with E-state index in [9.17, 15) is 26.7 Å². The minimum atomic E-state index is -4.46. The van der Waals surface area contributed by atoms with Crippen LogP contribution in [0, 0.1) is 0 Å². The van der Waals surface area contributed by atoms with Gasteiger partial charge in [0.2, 0.25) is 5.91 Å². The summed E-state index contributed by atoms with van der Waals surface area (Å²) in [7, 11) is 0. The van der Waals surface area contributed by atoms with E-state index in [1.54, 1.807) is 0 Å². The largest absolute Gasteiger partial charge is 0.416 e. The van der Waals surface area contributed by atoms with Crippen LogP contribution in [0.2, 0.25) is 0 Å². The molecule has 3 atom stereocenters. The van der Waals surface area contributed by atoms with Crippen molar-refractivity contribution >= 4 is 5.91 Å². The second kappa shape index (κ2) is 5.43. The molecule has 2 fully saturated rings. The second-order valence-electron chi connectivity index (χ2n) is 6.04. The molecular weight excluding hydrogens is 319 g/mol. The van der Waals surface area contributed by atoms with E-state index in [1.165, 1.54) is 18.2 Å². The standard InChI is InChI=1S/C15H15F5N2O/c16-14(17)6-12(21-7-14)13(23)22-11-5-9(11)8-3-1-2-4-10(8)15(18,19)20/h1-4,9,11-12,21H,5-7H2,(H,22,23). The molecule has 126 valence electrons. The van der Waals surface area contributed by atoms with Crippen LogP contribution in [0.4, 0.5) is 22.0 Å². The van der Waals surface area contributed by atoms with Crippen molar-refractivity contribution in [3.05, 3.63) is 35.4 Å². The number of amides is 1. The predicted molar refractivity (Wildman–Crippen MR) is 72.1 cm³/mol. The Morgan fingerprint density at radius 1 is 1.26 bits per heavy atom. The molecule has 1 aliphatic carbocycles. The van der Waals surface area contributed by atoms with Gasteiger partial charge in [-0.15, -0.1) is 0 Å². The molecule has 0 spiro atoms. The molecule has 0 aromatic heterocycles. The van der Waals surface area contributed by atoms with E-state index in [-0.39, 0.29) is 5.56 Å². The predicted octanol–water partition coefficient (Wildman–Crippen LogP) is 2.67. The van der Waals surface area contributed by atoms with Gasteiger partial charge in [-0.3, -0.25) is 10.1 Å². The van der Waals surface area contributed by atoms with Gasteiger partial charge in [0.15, 0.2) is 0 Å². The first-order valence-electron chi connectivity index (χ1n) is 7.25. The Morgan fingerprint density at radius 3 is 2.57 bits per heavy atom. The second-order valence-corrected chi connectivity index (χ2v) is 6.04. The van der Waals surface area contributed by atoms with E-state index in [2.05, 4.69) is 10.6 Å². The van der Waals surface area contributed by atoms with Crippen LogP contribution in [-0.4, -0.2) is 30.5 Å². The van der Waals surface area contributed by atoms with Crippen molar-refractivity contribution in [1.82, 2.24) is 10.6 Å². The van der Waals surface area contributed by atoms with Crippen molar-refractivity contribution in [2.75, 3.05) is 6.54 Å². The summed E-state index contributed by atoms with van der Waals surface area (Å²) < 4.78 is 65.1. The quantitative estimate of drug-likeness (QED) is 0.835. The van der Waals surface area contributed by atoms with Gasteiger partial charge >= 0.3 is 6.18 Å². The molecule has 1 heterocycles. The monoisotopic (exact) mass is 334 g/mol. The highest BCUT2D eigenvalue weighted by atomic mass is 19.4. The number of hydrogen-bond donors (Lipinski definition) is 2. The zero-order valence-electron chi connectivity index (χ0n) is 12.0. The molecule has 1 aromatic carbocycles. The molecule has 3 nitrogen and oxygen atoms in total.